The van der Waals surface area contributed by atoms with E-state index in [0.717, 1.165) is 0 Å². The molecule has 0 aromatic carbocycles. The first-order valence-corrected chi connectivity index (χ1v) is 5.69. The van der Waals surface area contributed by atoms with E-state index in [1.807, 2.05) is 13.8 Å². The van der Waals surface area contributed by atoms with Gasteiger partial charge in [-0.05, 0) is 12.8 Å². The molecule has 0 aromatic rings. The second-order valence-electron chi connectivity index (χ2n) is 4.70. The van der Waals surface area contributed by atoms with Gasteiger partial charge in [0.2, 0.25) is 5.91 Å². The number of hydrogen-bond donors (Lipinski definition) is 4. The summed E-state index contributed by atoms with van der Waals surface area (Å²) in [7, 11) is 0. The fraction of sp³-hybridized carbons (Fsp3) is 0.818. The minimum Gasteiger partial charge on any atom is -0.479 e. The van der Waals surface area contributed by atoms with Gasteiger partial charge in [0.05, 0.1) is 0 Å². The summed E-state index contributed by atoms with van der Waals surface area (Å²) in [5.41, 5.74) is -1.80. The minimum absolute atomic E-state index is 0.0823. The lowest BCUT2D eigenvalue weighted by Crippen LogP contribution is -2.45. The fourth-order valence-corrected chi connectivity index (χ4v) is 1.02. The van der Waals surface area contributed by atoms with Crippen LogP contribution in [-0.4, -0.2) is 47.3 Å². The van der Waals surface area contributed by atoms with Crippen molar-refractivity contribution in [3.8, 4) is 0 Å². The highest BCUT2D eigenvalue weighted by atomic mass is 16.4. The smallest absolute Gasteiger partial charge is 0.336 e. The summed E-state index contributed by atoms with van der Waals surface area (Å²) in [5, 5.41) is 23.5. The number of aliphatic hydroxyl groups is 1. The van der Waals surface area contributed by atoms with Crippen molar-refractivity contribution in [2.75, 3.05) is 19.6 Å². The van der Waals surface area contributed by atoms with E-state index in [1.54, 1.807) is 0 Å². The molecule has 6 nitrogen and oxygen atoms in total. The van der Waals surface area contributed by atoms with Gasteiger partial charge in [-0.2, -0.15) is 0 Å². The van der Waals surface area contributed by atoms with Crippen LogP contribution in [0.15, 0.2) is 0 Å². The zero-order valence-electron chi connectivity index (χ0n) is 10.6. The Morgan fingerprint density at radius 3 is 2.41 bits per heavy atom. The summed E-state index contributed by atoms with van der Waals surface area (Å²) < 4.78 is 0. The zero-order chi connectivity index (χ0) is 13.5. The molecule has 0 bridgehead atoms. The molecule has 1 atom stereocenters. The van der Waals surface area contributed by atoms with Gasteiger partial charge in [0, 0.05) is 26.1 Å². The van der Waals surface area contributed by atoms with Crippen LogP contribution >= 0.6 is 0 Å². The third-order valence-corrected chi connectivity index (χ3v) is 2.17. The van der Waals surface area contributed by atoms with Crippen LogP contribution in [0, 0.1) is 5.92 Å². The summed E-state index contributed by atoms with van der Waals surface area (Å²) in [6.07, 6.45) is 0.266. The molecule has 1 amide bonds. The first kappa shape index (κ1) is 15.9. The molecule has 0 aliphatic heterocycles. The average molecular weight is 246 g/mol. The molecule has 0 aliphatic carbocycles. The Bertz CT molecular complexity index is 264. The maximum atomic E-state index is 11.3. The number of carboxylic acid groups (broad SMARTS) is 1. The fourth-order valence-electron chi connectivity index (χ4n) is 1.02. The van der Waals surface area contributed by atoms with Crippen LogP contribution in [0.2, 0.25) is 0 Å². The van der Waals surface area contributed by atoms with Crippen molar-refractivity contribution in [2.45, 2.75) is 32.8 Å². The van der Waals surface area contributed by atoms with Crippen molar-refractivity contribution in [1.29, 1.82) is 0 Å². The molecule has 100 valence electrons. The number of aliphatic carboxylic acids is 1. The Labute approximate surface area is 101 Å². The summed E-state index contributed by atoms with van der Waals surface area (Å²) in [5.74, 6) is -0.963. The lowest BCUT2D eigenvalue weighted by Gasteiger charge is -2.18. The van der Waals surface area contributed by atoms with Crippen molar-refractivity contribution in [3.05, 3.63) is 0 Å². The van der Waals surface area contributed by atoms with E-state index in [4.69, 9.17) is 5.11 Å². The number of carboxylic acids is 1. The summed E-state index contributed by atoms with van der Waals surface area (Å²) >= 11 is 0. The summed E-state index contributed by atoms with van der Waals surface area (Å²) in [6.45, 7) is 6.10. The predicted octanol–water partition coefficient (Wildman–Crippen LogP) is -0.426. The van der Waals surface area contributed by atoms with Gasteiger partial charge in [-0.25, -0.2) is 4.79 Å². The molecular weight excluding hydrogens is 224 g/mol. The van der Waals surface area contributed by atoms with Crippen molar-refractivity contribution < 1.29 is 19.8 Å². The maximum Gasteiger partial charge on any atom is 0.336 e. The molecule has 17 heavy (non-hydrogen) atoms. The lowest BCUT2D eigenvalue weighted by atomic mass is 10.1. The van der Waals surface area contributed by atoms with E-state index in [2.05, 4.69) is 10.6 Å². The van der Waals surface area contributed by atoms with Crippen LogP contribution in [0.1, 0.15) is 27.2 Å². The van der Waals surface area contributed by atoms with Gasteiger partial charge in [0.15, 0.2) is 5.60 Å². The lowest BCUT2D eigenvalue weighted by molar-refractivity contribution is -0.156. The minimum atomic E-state index is -1.80. The quantitative estimate of drug-likeness (QED) is 0.436. The predicted molar refractivity (Wildman–Crippen MR) is 63.6 cm³/mol. The average Bonchev–Trinajstić information content (AvgIpc) is 2.21. The van der Waals surface area contributed by atoms with Gasteiger partial charge < -0.3 is 20.8 Å². The third kappa shape index (κ3) is 7.70. The van der Waals surface area contributed by atoms with E-state index in [9.17, 15) is 14.7 Å². The van der Waals surface area contributed by atoms with E-state index >= 15 is 0 Å². The van der Waals surface area contributed by atoms with Crippen LogP contribution in [0.5, 0.6) is 0 Å². The van der Waals surface area contributed by atoms with Crippen LogP contribution in [0.3, 0.4) is 0 Å². The second kappa shape index (κ2) is 7.24. The molecular formula is C11H22N2O4. The summed E-state index contributed by atoms with van der Waals surface area (Å²) in [4.78, 5) is 21.8. The first-order chi connectivity index (χ1) is 7.75. The van der Waals surface area contributed by atoms with Gasteiger partial charge in [-0.15, -0.1) is 0 Å². The molecule has 0 aromatic heterocycles. The molecule has 0 radical (unpaired) electrons. The van der Waals surface area contributed by atoms with Crippen molar-refractivity contribution in [2.24, 2.45) is 5.92 Å². The van der Waals surface area contributed by atoms with Crippen LogP contribution in [0.4, 0.5) is 0 Å². The third-order valence-electron chi connectivity index (χ3n) is 2.17. The molecule has 6 heteroatoms. The Hall–Kier alpha value is -1.14. The number of rotatable bonds is 8. The largest absolute Gasteiger partial charge is 0.479 e. The SMILES string of the molecule is CC(C)CNC(=O)CCNCC(C)(O)C(=O)O. The maximum absolute atomic E-state index is 11.3. The number of carbonyl (C=O) groups is 2. The first-order valence-electron chi connectivity index (χ1n) is 5.69. The van der Waals surface area contributed by atoms with Gasteiger partial charge in [0.25, 0.3) is 0 Å². The molecule has 0 saturated heterocycles. The standard InChI is InChI=1S/C11H22N2O4/c1-8(2)6-13-9(14)4-5-12-7-11(3,17)10(15)16/h8,12,17H,4-7H2,1-3H3,(H,13,14)(H,15,16). The molecule has 0 saturated carbocycles. The molecule has 0 fully saturated rings. The molecule has 4 N–H and O–H groups in total. The zero-order valence-corrected chi connectivity index (χ0v) is 10.6. The van der Waals surface area contributed by atoms with Crippen LogP contribution in [0.25, 0.3) is 0 Å². The van der Waals surface area contributed by atoms with E-state index < -0.39 is 11.6 Å². The van der Waals surface area contributed by atoms with Crippen molar-refractivity contribution in [3.63, 3.8) is 0 Å². The Balaban J connectivity index is 3.64. The highest BCUT2D eigenvalue weighted by Crippen LogP contribution is 2.00. The highest BCUT2D eigenvalue weighted by molar-refractivity contribution is 5.77. The van der Waals surface area contributed by atoms with Gasteiger partial charge in [-0.1, -0.05) is 13.8 Å². The second-order valence-corrected chi connectivity index (χ2v) is 4.70. The van der Waals surface area contributed by atoms with Gasteiger partial charge >= 0.3 is 5.97 Å². The normalized spacial score (nSPS) is 14.4. The van der Waals surface area contributed by atoms with E-state index in [-0.39, 0.29) is 18.9 Å². The molecule has 0 heterocycles. The summed E-state index contributed by atoms with van der Waals surface area (Å²) in [6, 6.07) is 0. The Morgan fingerprint density at radius 2 is 1.94 bits per heavy atom. The molecule has 0 rings (SSSR count). The van der Waals surface area contributed by atoms with Crippen molar-refractivity contribution in [1.82, 2.24) is 10.6 Å². The van der Waals surface area contributed by atoms with E-state index in [1.165, 1.54) is 6.92 Å². The monoisotopic (exact) mass is 246 g/mol. The number of carbonyl (C=O) groups excluding carboxylic acids is 1. The molecule has 1 unspecified atom stereocenters. The topological polar surface area (TPSA) is 98.7 Å². The molecule has 0 aliphatic rings. The van der Waals surface area contributed by atoms with Crippen LogP contribution < -0.4 is 10.6 Å². The number of hydrogen-bond acceptors (Lipinski definition) is 4. The van der Waals surface area contributed by atoms with Crippen molar-refractivity contribution >= 4 is 11.9 Å². The Morgan fingerprint density at radius 1 is 1.35 bits per heavy atom. The molecule has 0 spiro atoms. The highest BCUT2D eigenvalue weighted by Gasteiger charge is 2.28. The Kier molecular flexibility index (Phi) is 6.75. The van der Waals surface area contributed by atoms with Gasteiger partial charge in [0.1, 0.15) is 0 Å². The number of amides is 1. The van der Waals surface area contributed by atoms with Crippen LogP contribution in [-0.2, 0) is 9.59 Å². The van der Waals surface area contributed by atoms with E-state index in [0.29, 0.717) is 19.0 Å². The number of nitrogens with one attached hydrogen (secondary N) is 2. The van der Waals surface area contributed by atoms with Gasteiger partial charge in [-0.3, -0.25) is 4.79 Å².